The van der Waals surface area contributed by atoms with Crippen LogP contribution in [0.4, 0.5) is 0 Å². The van der Waals surface area contributed by atoms with Crippen LogP contribution in [0.2, 0.25) is 0 Å². The summed E-state index contributed by atoms with van der Waals surface area (Å²) >= 11 is 0. The summed E-state index contributed by atoms with van der Waals surface area (Å²) in [6.07, 6.45) is 5.97. The van der Waals surface area contributed by atoms with Gasteiger partial charge in [0.1, 0.15) is 0 Å². The van der Waals surface area contributed by atoms with E-state index in [2.05, 4.69) is 21.8 Å². The number of nitrogens with two attached hydrogens (primary N) is 1. The molecule has 0 fully saturated rings. The van der Waals surface area contributed by atoms with Crippen molar-refractivity contribution in [2.75, 3.05) is 6.54 Å². The van der Waals surface area contributed by atoms with Crippen molar-refractivity contribution in [2.24, 2.45) is 5.73 Å². The minimum absolute atomic E-state index is 0.245. The second kappa shape index (κ2) is 7.00. The molecule has 16 heavy (non-hydrogen) atoms. The monoisotopic (exact) mass is 224 g/mol. The third kappa shape index (κ3) is 4.44. The molecule has 0 spiro atoms. The number of carbonyl (C=O) groups is 1. The summed E-state index contributed by atoms with van der Waals surface area (Å²) in [6.45, 7) is 4.76. The van der Waals surface area contributed by atoms with Crippen LogP contribution in [0.15, 0.2) is 12.5 Å². The molecule has 90 valence electrons. The molecule has 5 heteroatoms. The fourth-order valence-electron chi connectivity index (χ4n) is 1.51. The lowest BCUT2D eigenvalue weighted by Crippen LogP contribution is -2.17. The molecule has 3 N–H and O–H groups in total. The van der Waals surface area contributed by atoms with Crippen LogP contribution in [0.1, 0.15) is 31.9 Å². The van der Waals surface area contributed by atoms with E-state index >= 15 is 0 Å². The summed E-state index contributed by atoms with van der Waals surface area (Å²) in [5.41, 5.74) is 6.24. The molecule has 0 radical (unpaired) electrons. The zero-order valence-electron chi connectivity index (χ0n) is 9.78. The van der Waals surface area contributed by atoms with Crippen LogP contribution in [0, 0.1) is 0 Å². The largest absolute Gasteiger partial charge is 0.370 e. The zero-order chi connectivity index (χ0) is 11.8. The first-order valence-electron chi connectivity index (χ1n) is 5.72. The second-order valence-electron chi connectivity index (χ2n) is 3.83. The van der Waals surface area contributed by atoms with Crippen molar-refractivity contribution < 1.29 is 4.79 Å². The normalized spacial score (nSPS) is 10.6. The molecule has 1 aromatic heterocycles. The van der Waals surface area contributed by atoms with Crippen LogP contribution >= 0.6 is 0 Å². The van der Waals surface area contributed by atoms with Gasteiger partial charge in [-0.1, -0.05) is 6.92 Å². The van der Waals surface area contributed by atoms with Crippen LogP contribution in [0.3, 0.4) is 0 Å². The molecule has 0 aliphatic heterocycles. The van der Waals surface area contributed by atoms with Crippen molar-refractivity contribution in [1.82, 2.24) is 14.9 Å². The van der Waals surface area contributed by atoms with Crippen molar-refractivity contribution in [1.29, 1.82) is 0 Å². The number of amides is 1. The molecule has 0 unspecified atom stereocenters. The van der Waals surface area contributed by atoms with E-state index in [-0.39, 0.29) is 5.91 Å². The minimum Gasteiger partial charge on any atom is -0.370 e. The van der Waals surface area contributed by atoms with Crippen molar-refractivity contribution >= 4 is 5.91 Å². The van der Waals surface area contributed by atoms with E-state index in [1.54, 1.807) is 6.33 Å². The maximum atomic E-state index is 10.6. The Labute approximate surface area is 96.0 Å². The number of imidazole rings is 1. The summed E-state index contributed by atoms with van der Waals surface area (Å²) in [5, 5.41) is 3.32. The van der Waals surface area contributed by atoms with E-state index in [9.17, 15) is 4.79 Å². The van der Waals surface area contributed by atoms with Crippen LogP contribution in [0.5, 0.6) is 0 Å². The molecule has 1 amide bonds. The Hall–Kier alpha value is -1.36. The zero-order valence-corrected chi connectivity index (χ0v) is 9.78. The van der Waals surface area contributed by atoms with E-state index in [1.807, 2.05) is 6.20 Å². The fourth-order valence-corrected chi connectivity index (χ4v) is 1.51. The van der Waals surface area contributed by atoms with Crippen molar-refractivity contribution in [3.63, 3.8) is 0 Å². The van der Waals surface area contributed by atoms with Gasteiger partial charge in [-0.2, -0.15) is 0 Å². The van der Waals surface area contributed by atoms with Gasteiger partial charge in [-0.25, -0.2) is 4.98 Å². The molecule has 0 aromatic carbocycles. The van der Waals surface area contributed by atoms with Gasteiger partial charge in [-0.05, 0) is 19.4 Å². The number of rotatable bonds is 8. The first-order chi connectivity index (χ1) is 7.74. The number of aromatic nitrogens is 2. The minimum atomic E-state index is -0.245. The highest BCUT2D eigenvalue weighted by Crippen LogP contribution is 2.02. The standard InChI is InChI=1S/C11H20N4O/c1-2-5-13-7-10-8-14-9-15(10)6-3-4-11(12)16/h8-9,13H,2-7H2,1H3,(H2,12,16). The van der Waals surface area contributed by atoms with Gasteiger partial charge in [0.25, 0.3) is 0 Å². The van der Waals surface area contributed by atoms with Crippen LogP contribution in [0.25, 0.3) is 0 Å². The average Bonchev–Trinajstić information content (AvgIpc) is 2.66. The van der Waals surface area contributed by atoms with Gasteiger partial charge in [-0.15, -0.1) is 0 Å². The molecule has 0 bridgehead atoms. The van der Waals surface area contributed by atoms with Gasteiger partial charge >= 0.3 is 0 Å². The quantitative estimate of drug-likeness (QED) is 0.637. The van der Waals surface area contributed by atoms with Crippen molar-refractivity contribution in [3.05, 3.63) is 18.2 Å². The average molecular weight is 224 g/mol. The van der Waals surface area contributed by atoms with Gasteiger partial charge in [0.15, 0.2) is 0 Å². The molecular weight excluding hydrogens is 204 g/mol. The molecule has 0 atom stereocenters. The Morgan fingerprint density at radius 3 is 3.12 bits per heavy atom. The molecule has 0 saturated carbocycles. The second-order valence-corrected chi connectivity index (χ2v) is 3.83. The third-order valence-corrected chi connectivity index (χ3v) is 2.35. The van der Waals surface area contributed by atoms with Gasteiger partial charge < -0.3 is 15.6 Å². The number of hydrogen-bond acceptors (Lipinski definition) is 3. The lowest BCUT2D eigenvalue weighted by Gasteiger charge is -2.07. The van der Waals surface area contributed by atoms with Gasteiger partial charge in [-0.3, -0.25) is 4.79 Å². The summed E-state index contributed by atoms with van der Waals surface area (Å²) < 4.78 is 2.06. The number of hydrogen-bond donors (Lipinski definition) is 2. The highest BCUT2D eigenvalue weighted by molar-refractivity contribution is 5.73. The maximum Gasteiger partial charge on any atom is 0.217 e. The van der Waals surface area contributed by atoms with E-state index in [1.165, 1.54) is 0 Å². The number of carbonyl (C=O) groups excluding carboxylic acids is 1. The van der Waals surface area contributed by atoms with Crippen LogP contribution in [-0.4, -0.2) is 22.0 Å². The van der Waals surface area contributed by atoms with Crippen molar-refractivity contribution in [3.8, 4) is 0 Å². The molecule has 0 aliphatic rings. The lowest BCUT2D eigenvalue weighted by atomic mass is 10.3. The molecule has 0 saturated heterocycles. The Morgan fingerprint density at radius 1 is 1.62 bits per heavy atom. The summed E-state index contributed by atoms with van der Waals surface area (Å²) in [7, 11) is 0. The first kappa shape index (κ1) is 12.7. The molecule has 1 aromatic rings. The molecule has 0 aliphatic carbocycles. The van der Waals surface area contributed by atoms with Crippen LogP contribution < -0.4 is 11.1 Å². The predicted octanol–water partition coefficient (Wildman–Crippen LogP) is 0.648. The molecule has 5 nitrogen and oxygen atoms in total. The highest BCUT2D eigenvalue weighted by atomic mass is 16.1. The lowest BCUT2D eigenvalue weighted by molar-refractivity contribution is -0.118. The van der Waals surface area contributed by atoms with Gasteiger partial charge in [0.05, 0.1) is 12.0 Å². The third-order valence-electron chi connectivity index (χ3n) is 2.35. The smallest absolute Gasteiger partial charge is 0.217 e. The van der Waals surface area contributed by atoms with Gasteiger partial charge in [0, 0.05) is 25.7 Å². The predicted molar refractivity (Wildman–Crippen MR) is 62.7 cm³/mol. The number of nitrogens with one attached hydrogen (secondary N) is 1. The highest BCUT2D eigenvalue weighted by Gasteiger charge is 2.02. The maximum absolute atomic E-state index is 10.6. The summed E-state index contributed by atoms with van der Waals surface area (Å²) in [4.78, 5) is 14.7. The van der Waals surface area contributed by atoms with E-state index < -0.39 is 0 Å². The Kier molecular flexibility index (Phi) is 5.56. The van der Waals surface area contributed by atoms with Crippen LogP contribution in [-0.2, 0) is 17.9 Å². The number of aryl methyl sites for hydroxylation is 1. The number of primary amides is 1. The Bertz CT molecular complexity index is 322. The molecule has 1 heterocycles. The van der Waals surface area contributed by atoms with E-state index in [4.69, 9.17) is 5.73 Å². The number of nitrogens with zero attached hydrogens (tertiary/aromatic N) is 2. The summed E-state index contributed by atoms with van der Waals surface area (Å²) in [5.74, 6) is -0.245. The topological polar surface area (TPSA) is 72.9 Å². The first-order valence-corrected chi connectivity index (χ1v) is 5.72. The Morgan fingerprint density at radius 2 is 2.44 bits per heavy atom. The summed E-state index contributed by atoms with van der Waals surface area (Å²) in [6, 6.07) is 0. The SMILES string of the molecule is CCCNCc1cncn1CCCC(N)=O. The van der Waals surface area contributed by atoms with Gasteiger partial charge in [0.2, 0.25) is 5.91 Å². The molecule has 1 rings (SSSR count). The van der Waals surface area contributed by atoms with E-state index in [0.29, 0.717) is 6.42 Å². The fraction of sp³-hybridized carbons (Fsp3) is 0.636. The Balaban J connectivity index is 2.34. The molecular formula is C11H20N4O. The van der Waals surface area contributed by atoms with Crippen molar-refractivity contribution in [2.45, 2.75) is 39.3 Å². The van der Waals surface area contributed by atoms with E-state index in [0.717, 1.165) is 38.2 Å².